The predicted octanol–water partition coefficient (Wildman–Crippen LogP) is 1.94. The molecule has 7 heteroatoms. The Bertz CT molecular complexity index is 285. The number of hydrogen-bond acceptors (Lipinski definition) is 4. The van der Waals surface area contributed by atoms with Gasteiger partial charge in [0.15, 0.2) is 0 Å². The van der Waals surface area contributed by atoms with E-state index in [2.05, 4.69) is 9.37 Å². The molecule has 78 valence electrons. The summed E-state index contributed by atoms with van der Waals surface area (Å²) in [5, 5.41) is 12.4. The third-order valence-electron chi connectivity index (χ3n) is 1.34. The Balaban J connectivity index is 2.69. The van der Waals surface area contributed by atoms with E-state index in [4.69, 9.17) is 0 Å². The van der Waals surface area contributed by atoms with Crippen LogP contribution in [0.4, 0.5) is 13.2 Å². The van der Waals surface area contributed by atoms with Crippen molar-refractivity contribution >= 4 is 12.0 Å². The van der Waals surface area contributed by atoms with E-state index in [0.29, 0.717) is 16.9 Å². The summed E-state index contributed by atoms with van der Waals surface area (Å²) in [6.07, 6.45) is -4.36. The van der Waals surface area contributed by atoms with Crippen molar-refractivity contribution in [3.05, 3.63) is 29.8 Å². The second-order valence-corrected chi connectivity index (χ2v) is 3.02. The van der Waals surface area contributed by atoms with Crippen LogP contribution < -0.4 is 5.26 Å². The fraction of sp³-hybridized carbons (Fsp3) is 0.143. The Morgan fingerprint density at radius 2 is 1.71 bits per heavy atom. The van der Waals surface area contributed by atoms with Crippen LogP contribution in [-0.4, -0.2) is 0 Å². The summed E-state index contributed by atoms with van der Waals surface area (Å²) in [5.41, 5.74) is -0.759. The Labute approximate surface area is 81.5 Å². The van der Waals surface area contributed by atoms with Crippen molar-refractivity contribution in [1.29, 1.82) is 0 Å². The van der Waals surface area contributed by atoms with E-state index in [0.717, 1.165) is 12.1 Å². The summed E-state index contributed by atoms with van der Waals surface area (Å²) in [6, 6.07) is 4.12. The molecule has 0 aliphatic heterocycles. The lowest BCUT2D eigenvalue weighted by Crippen LogP contribution is -2.04. The van der Waals surface area contributed by atoms with Crippen LogP contribution in [-0.2, 0) is 15.5 Å². The maximum Gasteiger partial charge on any atom is 0.416 e. The van der Waals surface area contributed by atoms with Crippen molar-refractivity contribution < 1.29 is 27.8 Å². The number of rotatable bonds is 3. The van der Waals surface area contributed by atoms with Gasteiger partial charge in [-0.05, 0) is 24.3 Å². The topological polar surface area (TPSA) is 41.5 Å². The first-order valence-electron chi connectivity index (χ1n) is 3.34. The minimum atomic E-state index is -4.36. The van der Waals surface area contributed by atoms with Crippen LogP contribution in [0.25, 0.3) is 0 Å². The van der Waals surface area contributed by atoms with Gasteiger partial charge in [-0.1, -0.05) is 0 Å². The normalized spacial score (nSPS) is 11.7. The van der Waals surface area contributed by atoms with E-state index in [1.165, 1.54) is 12.1 Å². The van der Waals surface area contributed by atoms with Crippen LogP contribution in [0.5, 0.6) is 0 Å². The van der Waals surface area contributed by atoms with Crippen LogP contribution in [0.3, 0.4) is 0 Å². The average molecular weight is 225 g/mol. The van der Waals surface area contributed by atoms with Gasteiger partial charge in [0.25, 0.3) is 0 Å². The Morgan fingerprint density at radius 3 is 2.14 bits per heavy atom. The summed E-state index contributed by atoms with van der Waals surface area (Å²) >= 11 is 0.538. The standard InChI is InChI=1S/C7H5F3O3S/c8-7(9,10)5-1-3-6(4-2-5)14-13-12-11/h1-4,11H/p-1. The minimum Gasteiger partial charge on any atom is -0.691 e. The van der Waals surface area contributed by atoms with E-state index in [9.17, 15) is 18.4 Å². The molecule has 1 aromatic rings. The molecule has 1 rings (SSSR count). The molecule has 0 heterocycles. The number of halogens is 3. The third kappa shape index (κ3) is 3.18. The molecule has 0 saturated heterocycles. The second-order valence-electron chi connectivity index (χ2n) is 2.24. The van der Waals surface area contributed by atoms with Crippen LogP contribution in [0, 0.1) is 0 Å². The fourth-order valence-corrected chi connectivity index (χ4v) is 1.11. The van der Waals surface area contributed by atoms with E-state index in [1.807, 2.05) is 0 Å². The largest absolute Gasteiger partial charge is 0.691 e. The zero-order chi connectivity index (χ0) is 10.6. The predicted molar refractivity (Wildman–Crippen MR) is 39.5 cm³/mol. The molecule has 0 aromatic heterocycles. The van der Waals surface area contributed by atoms with Crippen molar-refractivity contribution in [3.8, 4) is 0 Å². The van der Waals surface area contributed by atoms with Gasteiger partial charge in [-0.25, -0.2) is 0 Å². The molecule has 0 spiro atoms. The van der Waals surface area contributed by atoms with E-state index >= 15 is 0 Å². The maximum absolute atomic E-state index is 12.1. The molecular formula is C7H4F3O3S-. The summed E-state index contributed by atoms with van der Waals surface area (Å²) in [5.74, 6) is 0. The van der Waals surface area contributed by atoms with Gasteiger partial charge in [-0.2, -0.15) is 17.5 Å². The highest BCUT2D eigenvalue weighted by atomic mass is 32.2. The third-order valence-corrected chi connectivity index (χ3v) is 1.93. The molecule has 0 aliphatic rings. The second kappa shape index (κ2) is 4.65. The number of benzene rings is 1. The van der Waals surface area contributed by atoms with Gasteiger partial charge in [0.2, 0.25) is 0 Å². The monoisotopic (exact) mass is 225 g/mol. The van der Waals surface area contributed by atoms with Crippen LogP contribution >= 0.6 is 12.0 Å². The molecule has 0 saturated carbocycles. The van der Waals surface area contributed by atoms with Gasteiger partial charge in [-0.15, -0.1) is 0 Å². The number of hydrogen-bond donors (Lipinski definition) is 0. The Hall–Kier alpha value is -0.760. The molecule has 1 aromatic carbocycles. The van der Waals surface area contributed by atoms with Crippen LogP contribution in [0.1, 0.15) is 5.56 Å². The molecule has 0 bridgehead atoms. The van der Waals surface area contributed by atoms with E-state index < -0.39 is 11.7 Å². The van der Waals surface area contributed by atoms with Crippen molar-refractivity contribution in [2.75, 3.05) is 0 Å². The first-order valence-corrected chi connectivity index (χ1v) is 4.08. The van der Waals surface area contributed by atoms with Gasteiger partial charge < -0.3 is 5.26 Å². The average Bonchev–Trinajstić information content (AvgIpc) is 2.14. The first-order chi connectivity index (χ1) is 6.54. The van der Waals surface area contributed by atoms with Crippen molar-refractivity contribution in [3.63, 3.8) is 0 Å². The first kappa shape index (κ1) is 11.3. The van der Waals surface area contributed by atoms with Crippen molar-refractivity contribution in [1.82, 2.24) is 0 Å². The minimum absolute atomic E-state index is 0.342. The molecule has 0 fully saturated rings. The zero-order valence-electron chi connectivity index (χ0n) is 6.58. The molecular weight excluding hydrogens is 221 g/mol. The maximum atomic E-state index is 12.1. The van der Waals surface area contributed by atoms with Gasteiger partial charge in [0.05, 0.1) is 17.6 Å². The highest BCUT2D eigenvalue weighted by Crippen LogP contribution is 2.30. The highest BCUT2D eigenvalue weighted by molar-refractivity contribution is 7.94. The lowest BCUT2D eigenvalue weighted by molar-refractivity contribution is -0.777. The molecule has 14 heavy (non-hydrogen) atoms. The Morgan fingerprint density at radius 1 is 1.14 bits per heavy atom. The smallest absolute Gasteiger partial charge is 0.416 e. The summed E-state index contributed by atoms with van der Waals surface area (Å²) < 4.78 is 40.1. The molecule has 0 amide bonds. The van der Waals surface area contributed by atoms with Gasteiger partial charge in [0.1, 0.15) is 0 Å². The lowest BCUT2D eigenvalue weighted by atomic mass is 10.2. The zero-order valence-corrected chi connectivity index (χ0v) is 7.39. The van der Waals surface area contributed by atoms with Gasteiger partial charge >= 0.3 is 6.18 Å². The van der Waals surface area contributed by atoms with Crippen LogP contribution in [0.2, 0.25) is 0 Å². The van der Waals surface area contributed by atoms with Crippen molar-refractivity contribution in [2.45, 2.75) is 11.1 Å². The molecule has 3 nitrogen and oxygen atoms in total. The van der Waals surface area contributed by atoms with Crippen LogP contribution in [0.15, 0.2) is 29.2 Å². The Kier molecular flexibility index (Phi) is 3.76. The molecule has 0 aliphatic carbocycles. The lowest BCUT2D eigenvalue weighted by Gasteiger charge is -2.07. The summed E-state index contributed by atoms with van der Waals surface area (Å²) in [4.78, 5) is 0.342. The quantitative estimate of drug-likeness (QED) is 0.448. The van der Waals surface area contributed by atoms with E-state index in [1.54, 1.807) is 0 Å². The fourth-order valence-electron chi connectivity index (χ4n) is 0.753. The molecule has 0 radical (unpaired) electrons. The molecule has 0 unspecified atom stereocenters. The summed E-state index contributed by atoms with van der Waals surface area (Å²) in [6.45, 7) is 0. The number of alkyl halides is 3. The SMILES string of the molecule is [O-]OOSc1ccc(C(F)(F)F)cc1. The van der Waals surface area contributed by atoms with Gasteiger partial charge in [0, 0.05) is 4.90 Å². The highest BCUT2D eigenvalue weighted by Gasteiger charge is 2.29. The molecule has 0 atom stereocenters. The van der Waals surface area contributed by atoms with Gasteiger partial charge in [-0.3, -0.25) is 5.04 Å². The molecule has 0 N–H and O–H groups in total. The summed E-state index contributed by atoms with van der Waals surface area (Å²) in [7, 11) is 0. The van der Waals surface area contributed by atoms with E-state index in [-0.39, 0.29) is 0 Å². The van der Waals surface area contributed by atoms with Crippen molar-refractivity contribution in [2.24, 2.45) is 0 Å².